The molecule has 0 bridgehead atoms. The van der Waals surface area contributed by atoms with Gasteiger partial charge in [-0.2, -0.15) is 0 Å². The van der Waals surface area contributed by atoms with Crippen LogP contribution in [0.2, 0.25) is 0 Å². The summed E-state index contributed by atoms with van der Waals surface area (Å²) in [4.78, 5) is 21.5. The second-order valence-corrected chi connectivity index (χ2v) is 5.23. The van der Waals surface area contributed by atoms with Gasteiger partial charge >= 0.3 is 0 Å². The molecule has 2 aromatic heterocycles. The van der Waals surface area contributed by atoms with Gasteiger partial charge in [0.1, 0.15) is 11.5 Å². The van der Waals surface area contributed by atoms with Gasteiger partial charge in [-0.3, -0.25) is 9.78 Å². The number of hydrogen-bond acceptors (Lipinski definition) is 5. The lowest BCUT2D eigenvalue weighted by Gasteiger charge is -2.06. The van der Waals surface area contributed by atoms with Crippen LogP contribution < -0.4 is 10.6 Å². The molecule has 2 heterocycles. The summed E-state index contributed by atoms with van der Waals surface area (Å²) in [5.41, 5.74) is 1.61. The maximum absolute atomic E-state index is 12.1. The van der Waals surface area contributed by atoms with Crippen LogP contribution in [0.25, 0.3) is 0 Å². The third kappa shape index (κ3) is 3.54. The van der Waals surface area contributed by atoms with Crippen molar-refractivity contribution in [3.63, 3.8) is 0 Å². The van der Waals surface area contributed by atoms with Gasteiger partial charge in [-0.25, -0.2) is 4.98 Å². The zero-order valence-electron chi connectivity index (χ0n) is 11.6. The normalized spacial score (nSPS) is 10.3. The first kappa shape index (κ1) is 14.5. The average Bonchev–Trinajstić information content (AvgIpc) is 2.93. The Morgan fingerprint density at radius 3 is 2.95 bits per heavy atom. The van der Waals surface area contributed by atoms with Crippen LogP contribution in [-0.2, 0) is 13.0 Å². The van der Waals surface area contributed by atoms with Crippen molar-refractivity contribution in [2.75, 3.05) is 11.9 Å². The smallest absolute Gasteiger partial charge is 0.271 e. The van der Waals surface area contributed by atoms with Gasteiger partial charge in [-0.15, -0.1) is 11.3 Å². The lowest BCUT2D eigenvalue weighted by atomic mass is 10.2. The van der Waals surface area contributed by atoms with Gasteiger partial charge in [0.25, 0.3) is 5.91 Å². The lowest BCUT2D eigenvalue weighted by Crippen LogP contribution is -2.24. The molecule has 0 unspecified atom stereocenters. The van der Waals surface area contributed by atoms with Crippen molar-refractivity contribution in [1.29, 1.82) is 0 Å². The molecule has 0 fully saturated rings. The lowest BCUT2D eigenvalue weighted by molar-refractivity contribution is 0.0946. The monoisotopic (exact) mass is 290 g/mol. The molecule has 2 rings (SSSR count). The van der Waals surface area contributed by atoms with Crippen molar-refractivity contribution in [3.8, 4) is 0 Å². The first-order chi connectivity index (χ1) is 9.74. The van der Waals surface area contributed by atoms with E-state index in [9.17, 15) is 4.79 Å². The fourth-order valence-corrected chi connectivity index (χ4v) is 2.75. The van der Waals surface area contributed by atoms with Crippen molar-refractivity contribution in [2.24, 2.45) is 0 Å². The minimum Gasteiger partial charge on any atom is -0.369 e. The largest absolute Gasteiger partial charge is 0.369 e. The van der Waals surface area contributed by atoms with Gasteiger partial charge in [0, 0.05) is 11.4 Å². The molecule has 1 amide bonds. The third-order valence-corrected chi connectivity index (χ3v) is 3.82. The Hall–Kier alpha value is -1.95. The number of nitrogens with zero attached hydrogens (tertiary/aromatic N) is 2. The molecule has 0 aromatic carbocycles. The van der Waals surface area contributed by atoms with E-state index >= 15 is 0 Å². The molecule has 0 aliphatic carbocycles. The summed E-state index contributed by atoms with van der Waals surface area (Å²) in [6.07, 6.45) is 4.06. The molecule has 2 N–H and O–H groups in total. The number of nitrogens with one attached hydrogen (secondary N) is 2. The zero-order chi connectivity index (χ0) is 14.4. The number of anilines is 1. The van der Waals surface area contributed by atoms with Crippen LogP contribution in [0.15, 0.2) is 23.8 Å². The molecule has 0 aliphatic rings. The summed E-state index contributed by atoms with van der Waals surface area (Å²) in [6.45, 7) is 5.36. The molecule has 20 heavy (non-hydrogen) atoms. The number of aryl methyl sites for hydroxylation is 1. The first-order valence-electron chi connectivity index (χ1n) is 6.64. The molecule has 0 radical (unpaired) electrons. The number of hydrogen-bond donors (Lipinski definition) is 2. The van der Waals surface area contributed by atoms with E-state index in [4.69, 9.17) is 0 Å². The van der Waals surface area contributed by atoms with E-state index < -0.39 is 0 Å². The highest BCUT2D eigenvalue weighted by Gasteiger charge is 2.10. The SMILES string of the molecule is CCNc1cncc(C(=O)NCc2sccc2CC)n1. The molecular formula is C14H18N4OS. The summed E-state index contributed by atoms with van der Waals surface area (Å²) in [6, 6.07) is 2.09. The Kier molecular flexibility index (Phi) is 5.06. The quantitative estimate of drug-likeness (QED) is 0.857. The van der Waals surface area contributed by atoms with Crippen molar-refractivity contribution in [3.05, 3.63) is 40.0 Å². The summed E-state index contributed by atoms with van der Waals surface area (Å²) in [5.74, 6) is 0.415. The van der Waals surface area contributed by atoms with Crippen LogP contribution in [-0.4, -0.2) is 22.4 Å². The van der Waals surface area contributed by atoms with Gasteiger partial charge in [-0.1, -0.05) is 6.92 Å². The molecule has 0 saturated heterocycles. The molecule has 0 atom stereocenters. The summed E-state index contributed by atoms with van der Waals surface area (Å²) < 4.78 is 0. The highest BCUT2D eigenvalue weighted by molar-refractivity contribution is 7.10. The number of aromatic nitrogens is 2. The van der Waals surface area contributed by atoms with Gasteiger partial charge in [0.05, 0.1) is 18.9 Å². The van der Waals surface area contributed by atoms with E-state index in [2.05, 4.69) is 33.6 Å². The van der Waals surface area contributed by atoms with E-state index in [0.29, 0.717) is 18.1 Å². The summed E-state index contributed by atoms with van der Waals surface area (Å²) in [5, 5.41) is 7.97. The Labute approximate surface area is 122 Å². The van der Waals surface area contributed by atoms with Gasteiger partial charge in [0.15, 0.2) is 0 Å². The molecule has 106 valence electrons. The van der Waals surface area contributed by atoms with Gasteiger partial charge in [0.2, 0.25) is 0 Å². The van der Waals surface area contributed by atoms with Crippen LogP contribution in [0.5, 0.6) is 0 Å². The molecule has 2 aromatic rings. The number of amides is 1. The minimum atomic E-state index is -0.201. The molecule has 6 heteroatoms. The maximum Gasteiger partial charge on any atom is 0.271 e. The van der Waals surface area contributed by atoms with Crippen molar-refractivity contribution < 1.29 is 4.79 Å². The molecular weight excluding hydrogens is 272 g/mol. The third-order valence-electron chi connectivity index (χ3n) is 2.85. The van der Waals surface area contributed by atoms with E-state index in [0.717, 1.165) is 13.0 Å². The second kappa shape index (κ2) is 7.00. The van der Waals surface area contributed by atoms with Crippen molar-refractivity contribution >= 4 is 23.1 Å². The van der Waals surface area contributed by atoms with Crippen LogP contribution in [0.1, 0.15) is 34.8 Å². The molecule has 0 spiro atoms. The van der Waals surface area contributed by atoms with E-state index in [1.165, 1.54) is 16.6 Å². The predicted molar refractivity (Wildman–Crippen MR) is 81.1 cm³/mol. The second-order valence-electron chi connectivity index (χ2n) is 4.23. The molecule has 0 saturated carbocycles. The van der Waals surface area contributed by atoms with E-state index in [-0.39, 0.29) is 5.91 Å². The number of carbonyl (C=O) groups excluding carboxylic acids is 1. The maximum atomic E-state index is 12.1. The Bertz CT molecular complexity index is 582. The number of rotatable bonds is 6. The highest BCUT2D eigenvalue weighted by atomic mass is 32.1. The number of thiophene rings is 1. The first-order valence-corrected chi connectivity index (χ1v) is 7.52. The van der Waals surface area contributed by atoms with Crippen LogP contribution in [0.4, 0.5) is 5.82 Å². The van der Waals surface area contributed by atoms with E-state index in [1.54, 1.807) is 17.5 Å². The van der Waals surface area contributed by atoms with Crippen LogP contribution in [0, 0.1) is 0 Å². The molecule has 5 nitrogen and oxygen atoms in total. The Balaban J connectivity index is 1.99. The summed E-state index contributed by atoms with van der Waals surface area (Å²) >= 11 is 1.66. The van der Waals surface area contributed by atoms with Gasteiger partial charge < -0.3 is 10.6 Å². The topological polar surface area (TPSA) is 66.9 Å². The fraction of sp³-hybridized carbons (Fsp3) is 0.357. The van der Waals surface area contributed by atoms with Crippen molar-refractivity contribution in [1.82, 2.24) is 15.3 Å². The zero-order valence-corrected chi connectivity index (χ0v) is 12.5. The van der Waals surface area contributed by atoms with Crippen LogP contribution >= 0.6 is 11.3 Å². The average molecular weight is 290 g/mol. The molecule has 0 aliphatic heterocycles. The summed E-state index contributed by atoms with van der Waals surface area (Å²) in [7, 11) is 0. The van der Waals surface area contributed by atoms with Gasteiger partial charge in [-0.05, 0) is 30.4 Å². The fourth-order valence-electron chi connectivity index (χ4n) is 1.83. The Morgan fingerprint density at radius 2 is 2.20 bits per heavy atom. The van der Waals surface area contributed by atoms with E-state index in [1.807, 2.05) is 12.3 Å². The van der Waals surface area contributed by atoms with Crippen LogP contribution in [0.3, 0.4) is 0 Å². The van der Waals surface area contributed by atoms with Crippen molar-refractivity contribution in [2.45, 2.75) is 26.8 Å². The standard InChI is InChI=1S/C14H18N4OS/c1-3-10-5-6-20-12(10)8-17-14(19)11-7-15-9-13(18-11)16-4-2/h5-7,9H,3-4,8H2,1-2H3,(H,16,18)(H,17,19). The Morgan fingerprint density at radius 1 is 1.35 bits per heavy atom. The predicted octanol–water partition coefficient (Wildman–Crippen LogP) is 2.46. The minimum absolute atomic E-state index is 0.201. The number of carbonyl (C=O) groups is 1. The highest BCUT2D eigenvalue weighted by Crippen LogP contribution is 2.17.